The number of hydrogen-bond acceptors (Lipinski definition) is 5. The Labute approximate surface area is 159 Å². The standard InChI is InChI=1S/C20H25N5O2/c1-2-23(16-17-7-4-3-5-8-17)18(26)15-19(27)24-11-13-25(14-12-24)20-21-9-6-10-22-20/h3-10H,2,11-16H2,1H3. The first kappa shape index (κ1) is 18.8. The first-order valence-electron chi connectivity index (χ1n) is 9.29. The number of carbonyl (C=O) groups is 2. The third-order valence-electron chi connectivity index (χ3n) is 4.72. The van der Waals surface area contributed by atoms with E-state index in [4.69, 9.17) is 0 Å². The Bertz CT molecular complexity index is 745. The maximum absolute atomic E-state index is 12.6. The normalized spacial score (nSPS) is 14.1. The van der Waals surface area contributed by atoms with Gasteiger partial charge in [-0.05, 0) is 18.6 Å². The molecule has 7 nitrogen and oxygen atoms in total. The van der Waals surface area contributed by atoms with Crippen LogP contribution in [-0.2, 0) is 16.1 Å². The molecular weight excluding hydrogens is 342 g/mol. The SMILES string of the molecule is CCN(Cc1ccccc1)C(=O)CC(=O)N1CCN(c2ncccn2)CC1. The number of benzene rings is 1. The molecule has 0 atom stereocenters. The second-order valence-electron chi connectivity index (χ2n) is 6.49. The molecule has 27 heavy (non-hydrogen) atoms. The first-order valence-corrected chi connectivity index (χ1v) is 9.29. The van der Waals surface area contributed by atoms with Gasteiger partial charge in [-0.15, -0.1) is 0 Å². The molecule has 3 rings (SSSR count). The Hall–Kier alpha value is -2.96. The highest BCUT2D eigenvalue weighted by molar-refractivity contribution is 5.97. The zero-order chi connectivity index (χ0) is 19.1. The summed E-state index contributed by atoms with van der Waals surface area (Å²) in [7, 11) is 0. The topological polar surface area (TPSA) is 69.6 Å². The van der Waals surface area contributed by atoms with Gasteiger partial charge in [-0.1, -0.05) is 30.3 Å². The molecule has 0 saturated carbocycles. The van der Waals surface area contributed by atoms with Gasteiger partial charge in [0.2, 0.25) is 17.8 Å². The third kappa shape index (κ3) is 5.03. The summed E-state index contributed by atoms with van der Waals surface area (Å²) >= 11 is 0. The molecule has 0 bridgehead atoms. The van der Waals surface area contributed by atoms with Crippen LogP contribution in [0.3, 0.4) is 0 Å². The van der Waals surface area contributed by atoms with E-state index in [1.165, 1.54) is 0 Å². The van der Waals surface area contributed by atoms with Crippen molar-refractivity contribution in [3.63, 3.8) is 0 Å². The van der Waals surface area contributed by atoms with Gasteiger partial charge in [0.05, 0.1) is 0 Å². The van der Waals surface area contributed by atoms with Gasteiger partial charge >= 0.3 is 0 Å². The zero-order valence-electron chi connectivity index (χ0n) is 15.6. The Balaban J connectivity index is 1.50. The number of piperazine rings is 1. The van der Waals surface area contributed by atoms with Crippen molar-refractivity contribution in [3.8, 4) is 0 Å². The van der Waals surface area contributed by atoms with E-state index >= 15 is 0 Å². The minimum atomic E-state index is -0.125. The summed E-state index contributed by atoms with van der Waals surface area (Å²) in [5.74, 6) is 0.445. The first-order chi connectivity index (χ1) is 13.2. The Kier molecular flexibility index (Phi) is 6.35. The summed E-state index contributed by atoms with van der Waals surface area (Å²) in [6.45, 7) is 5.55. The lowest BCUT2D eigenvalue weighted by Gasteiger charge is -2.35. The van der Waals surface area contributed by atoms with Gasteiger partial charge in [-0.2, -0.15) is 0 Å². The molecule has 2 amide bonds. The van der Waals surface area contributed by atoms with Crippen LogP contribution in [0.2, 0.25) is 0 Å². The predicted molar refractivity (Wildman–Crippen MR) is 103 cm³/mol. The number of aromatic nitrogens is 2. The monoisotopic (exact) mass is 367 g/mol. The van der Waals surface area contributed by atoms with Gasteiger partial charge in [0.15, 0.2) is 0 Å². The van der Waals surface area contributed by atoms with E-state index in [2.05, 4.69) is 14.9 Å². The van der Waals surface area contributed by atoms with Crippen LogP contribution in [0.5, 0.6) is 0 Å². The molecule has 0 aliphatic carbocycles. The molecule has 0 unspecified atom stereocenters. The van der Waals surface area contributed by atoms with Crippen molar-refractivity contribution in [2.75, 3.05) is 37.6 Å². The van der Waals surface area contributed by atoms with Gasteiger partial charge in [0, 0.05) is 51.7 Å². The van der Waals surface area contributed by atoms with Gasteiger partial charge in [0.1, 0.15) is 6.42 Å². The lowest BCUT2D eigenvalue weighted by atomic mass is 10.2. The second-order valence-corrected chi connectivity index (χ2v) is 6.49. The van der Waals surface area contributed by atoms with Crippen LogP contribution >= 0.6 is 0 Å². The summed E-state index contributed by atoms with van der Waals surface area (Å²) in [5.41, 5.74) is 1.07. The molecule has 1 aliphatic rings. The van der Waals surface area contributed by atoms with Crippen molar-refractivity contribution in [1.82, 2.24) is 19.8 Å². The fourth-order valence-electron chi connectivity index (χ4n) is 3.14. The average molecular weight is 367 g/mol. The average Bonchev–Trinajstić information content (AvgIpc) is 2.73. The van der Waals surface area contributed by atoms with Crippen molar-refractivity contribution in [2.45, 2.75) is 19.9 Å². The van der Waals surface area contributed by atoms with Gasteiger partial charge in [-0.3, -0.25) is 9.59 Å². The molecule has 7 heteroatoms. The quantitative estimate of drug-likeness (QED) is 0.725. The lowest BCUT2D eigenvalue weighted by Crippen LogP contribution is -2.50. The van der Waals surface area contributed by atoms with E-state index in [9.17, 15) is 9.59 Å². The van der Waals surface area contributed by atoms with Gasteiger partial charge in [-0.25, -0.2) is 9.97 Å². The molecule has 0 spiro atoms. The van der Waals surface area contributed by atoms with Gasteiger partial charge < -0.3 is 14.7 Å². The van der Waals surface area contributed by atoms with E-state index in [1.807, 2.05) is 37.3 Å². The molecule has 0 radical (unpaired) electrons. The highest BCUT2D eigenvalue weighted by Crippen LogP contribution is 2.12. The maximum Gasteiger partial charge on any atom is 0.232 e. The van der Waals surface area contributed by atoms with E-state index in [-0.39, 0.29) is 18.2 Å². The van der Waals surface area contributed by atoms with Crippen molar-refractivity contribution >= 4 is 17.8 Å². The van der Waals surface area contributed by atoms with Gasteiger partial charge in [0.25, 0.3) is 0 Å². The molecule has 1 fully saturated rings. The molecule has 1 aromatic carbocycles. The maximum atomic E-state index is 12.6. The molecule has 0 N–H and O–H groups in total. The van der Waals surface area contributed by atoms with Crippen LogP contribution in [-0.4, -0.2) is 64.3 Å². The molecule has 1 aliphatic heterocycles. The molecule has 1 saturated heterocycles. The summed E-state index contributed by atoms with van der Waals surface area (Å²) in [6.07, 6.45) is 3.34. The zero-order valence-corrected chi connectivity index (χ0v) is 15.6. The molecule has 2 heterocycles. The highest BCUT2D eigenvalue weighted by Gasteiger charge is 2.25. The minimum Gasteiger partial charge on any atom is -0.339 e. The van der Waals surface area contributed by atoms with E-state index < -0.39 is 0 Å². The summed E-state index contributed by atoms with van der Waals surface area (Å²) in [5, 5.41) is 0. The summed E-state index contributed by atoms with van der Waals surface area (Å²) < 4.78 is 0. The Morgan fingerprint density at radius 3 is 2.30 bits per heavy atom. The smallest absolute Gasteiger partial charge is 0.232 e. The van der Waals surface area contributed by atoms with Crippen LogP contribution in [0, 0.1) is 0 Å². The molecule has 1 aromatic heterocycles. The van der Waals surface area contributed by atoms with Crippen LogP contribution < -0.4 is 4.90 Å². The Morgan fingerprint density at radius 2 is 1.67 bits per heavy atom. The number of hydrogen-bond donors (Lipinski definition) is 0. The van der Waals surface area contributed by atoms with Crippen molar-refractivity contribution in [1.29, 1.82) is 0 Å². The Morgan fingerprint density at radius 1 is 1.00 bits per heavy atom. The van der Waals surface area contributed by atoms with E-state index in [1.54, 1.807) is 28.3 Å². The van der Waals surface area contributed by atoms with Crippen LogP contribution in [0.25, 0.3) is 0 Å². The number of rotatable bonds is 6. The molecule has 142 valence electrons. The van der Waals surface area contributed by atoms with E-state index in [0.29, 0.717) is 45.2 Å². The summed E-state index contributed by atoms with van der Waals surface area (Å²) in [6, 6.07) is 11.6. The second kappa shape index (κ2) is 9.12. The third-order valence-corrected chi connectivity index (χ3v) is 4.72. The van der Waals surface area contributed by atoms with Crippen molar-refractivity contribution in [3.05, 3.63) is 54.4 Å². The number of amides is 2. The molecule has 2 aromatic rings. The van der Waals surface area contributed by atoms with Crippen LogP contribution in [0.4, 0.5) is 5.95 Å². The fraction of sp³-hybridized carbons (Fsp3) is 0.400. The van der Waals surface area contributed by atoms with Crippen LogP contribution in [0.1, 0.15) is 18.9 Å². The number of nitrogens with zero attached hydrogens (tertiary/aromatic N) is 5. The van der Waals surface area contributed by atoms with E-state index in [0.717, 1.165) is 5.56 Å². The summed E-state index contributed by atoms with van der Waals surface area (Å²) in [4.78, 5) is 39.1. The predicted octanol–water partition coefficient (Wildman–Crippen LogP) is 1.56. The number of anilines is 1. The van der Waals surface area contributed by atoms with Crippen molar-refractivity contribution in [2.24, 2.45) is 0 Å². The number of carbonyl (C=O) groups excluding carboxylic acids is 2. The fourth-order valence-corrected chi connectivity index (χ4v) is 3.14. The minimum absolute atomic E-state index is 0.0808. The molecular formula is C20H25N5O2. The van der Waals surface area contributed by atoms with Crippen LogP contribution in [0.15, 0.2) is 48.8 Å². The largest absolute Gasteiger partial charge is 0.339 e. The highest BCUT2D eigenvalue weighted by atomic mass is 16.2. The lowest BCUT2D eigenvalue weighted by molar-refractivity contribution is -0.141. The van der Waals surface area contributed by atoms with Crippen molar-refractivity contribution < 1.29 is 9.59 Å².